The molecule has 59 valence electrons. The van der Waals surface area contributed by atoms with E-state index in [0.717, 1.165) is 25.7 Å². The van der Waals surface area contributed by atoms with E-state index in [2.05, 4.69) is 5.32 Å². The van der Waals surface area contributed by atoms with E-state index in [1.165, 1.54) is 0 Å². The maximum Gasteiger partial charge on any atom is 0.251 e. The molecule has 0 bridgehead atoms. The topological polar surface area (TPSA) is 48.2 Å². The minimum absolute atomic E-state index is 0.0951. The van der Waals surface area contributed by atoms with E-state index in [1.54, 1.807) is 0 Å². The van der Waals surface area contributed by atoms with E-state index < -0.39 is 0 Å². The first-order valence-corrected chi connectivity index (χ1v) is 4.07. The van der Waals surface area contributed by atoms with Crippen LogP contribution in [0.1, 0.15) is 25.7 Å². The Morgan fingerprint density at radius 2 is 1.27 bits per heavy atom. The number of amides is 2. The molecule has 0 unspecified atom stereocenters. The highest BCUT2D eigenvalue weighted by Gasteiger charge is 2.36. The minimum Gasteiger partial charge on any atom is -0.272 e. The molecule has 0 N–H and O–H groups in total. The van der Waals surface area contributed by atoms with Crippen molar-refractivity contribution < 1.29 is 9.59 Å². The summed E-state index contributed by atoms with van der Waals surface area (Å²) >= 11 is 0. The fraction of sp³-hybridized carbons (Fsp3) is 0.750. The monoisotopic (exact) mass is 152 g/mol. The molecule has 2 fully saturated rings. The number of carbonyl (C=O) groups is 2. The standard InChI is InChI=1S/C8H10NO2/c10-7(5-1-2-5)9-8(11)6-3-4-6/h5-6H,1-4H2. The van der Waals surface area contributed by atoms with E-state index in [-0.39, 0.29) is 23.7 Å². The molecule has 3 nitrogen and oxygen atoms in total. The van der Waals surface area contributed by atoms with E-state index >= 15 is 0 Å². The van der Waals surface area contributed by atoms with Crippen molar-refractivity contribution in [1.29, 1.82) is 0 Å². The fourth-order valence-electron chi connectivity index (χ4n) is 0.952. The van der Waals surface area contributed by atoms with Gasteiger partial charge in [-0.05, 0) is 25.7 Å². The Kier molecular flexibility index (Phi) is 1.44. The van der Waals surface area contributed by atoms with Crippen molar-refractivity contribution in [3.8, 4) is 0 Å². The maximum atomic E-state index is 11.0. The van der Waals surface area contributed by atoms with Crippen LogP contribution in [0.15, 0.2) is 0 Å². The van der Waals surface area contributed by atoms with Crippen LogP contribution in [0.25, 0.3) is 0 Å². The molecule has 0 aromatic rings. The molecule has 0 aromatic carbocycles. The van der Waals surface area contributed by atoms with E-state index in [4.69, 9.17) is 0 Å². The zero-order chi connectivity index (χ0) is 7.84. The summed E-state index contributed by atoms with van der Waals surface area (Å²) in [4.78, 5) is 21.9. The van der Waals surface area contributed by atoms with Crippen molar-refractivity contribution >= 4 is 11.8 Å². The quantitative estimate of drug-likeness (QED) is 0.540. The van der Waals surface area contributed by atoms with Gasteiger partial charge in [0, 0.05) is 11.8 Å². The molecule has 0 saturated heterocycles. The van der Waals surface area contributed by atoms with Crippen molar-refractivity contribution in [2.75, 3.05) is 0 Å². The lowest BCUT2D eigenvalue weighted by Gasteiger charge is -1.95. The Hall–Kier alpha value is -0.860. The van der Waals surface area contributed by atoms with Gasteiger partial charge in [0.1, 0.15) is 0 Å². The van der Waals surface area contributed by atoms with Crippen molar-refractivity contribution in [2.45, 2.75) is 25.7 Å². The summed E-state index contributed by atoms with van der Waals surface area (Å²) in [6, 6.07) is 0. The average molecular weight is 152 g/mol. The zero-order valence-corrected chi connectivity index (χ0v) is 6.25. The van der Waals surface area contributed by atoms with Crippen molar-refractivity contribution in [2.24, 2.45) is 11.8 Å². The highest BCUT2D eigenvalue weighted by atomic mass is 16.2. The predicted molar refractivity (Wildman–Crippen MR) is 37.6 cm³/mol. The van der Waals surface area contributed by atoms with Gasteiger partial charge in [-0.1, -0.05) is 0 Å². The summed E-state index contributed by atoms with van der Waals surface area (Å²) in [5.74, 6) is -0.167. The number of hydrogen-bond donors (Lipinski definition) is 0. The molecule has 2 aliphatic carbocycles. The van der Waals surface area contributed by atoms with Crippen molar-refractivity contribution in [1.82, 2.24) is 5.32 Å². The van der Waals surface area contributed by atoms with Gasteiger partial charge in [-0.25, -0.2) is 0 Å². The van der Waals surface area contributed by atoms with Gasteiger partial charge in [0.25, 0.3) is 11.8 Å². The molecule has 0 atom stereocenters. The number of carbonyl (C=O) groups excluding carboxylic acids is 2. The van der Waals surface area contributed by atoms with Crippen LogP contribution in [0.4, 0.5) is 0 Å². The molecule has 0 aliphatic heterocycles. The minimum atomic E-state index is -0.179. The second-order valence-electron chi connectivity index (χ2n) is 3.34. The fourth-order valence-corrected chi connectivity index (χ4v) is 0.952. The number of nitrogens with zero attached hydrogens (tertiary/aromatic N) is 1. The van der Waals surface area contributed by atoms with Gasteiger partial charge in [-0.15, -0.1) is 0 Å². The molecule has 1 radical (unpaired) electrons. The van der Waals surface area contributed by atoms with Crippen LogP contribution >= 0.6 is 0 Å². The van der Waals surface area contributed by atoms with E-state index in [1.807, 2.05) is 0 Å². The predicted octanol–water partition coefficient (Wildman–Crippen LogP) is 0.464. The molecule has 2 saturated carbocycles. The van der Waals surface area contributed by atoms with Crippen LogP contribution in [0.2, 0.25) is 0 Å². The SMILES string of the molecule is O=C([N]C(=O)C1CC1)C1CC1. The normalized spacial score (nSPS) is 22.9. The Bertz CT molecular complexity index is 182. The molecule has 11 heavy (non-hydrogen) atoms. The third kappa shape index (κ3) is 1.59. The molecule has 3 heteroatoms. The first kappa shape index (κ1) is 6.83. The number of imide groups is 1. The lowest BCUT2D eigenvalue weighted by molar-refractivity contribution is -0.132. The van der Waals surface area contributed by atoms with Crippen LogP contribution in [0, 0.1) is 11.8 Å². The van der Waals surface area contributed by atoms with Gasteiger partial charge in [-0.2, -0.15) is 5.32 Å². The van der Waals surface area contributed by atoms with Crippen LogP contribution in [-0.4, -0.2) is 11.8 Å². The first-order valence-electron chi connectivity index (χ1n) is 4.07. The lowest BCUT2D eigenvalue weighted by Crippen LogP contribution is -2.25. The molecular formula is C8H10NO2. The first-order chi connectivity index (χ1) is 5.27. The summed E-state index contributed by atoms with van der Waals surface area (Å²) < 4.78 is 0. The van der Waals surface area contributed by atoms with Gasteiger partial charge in [0.15, 0.2) is 0 Å². The second kappa shape index (κ2) is 2.32. The van der Waals surface area contributed by atoms with Crippen LogP contribution in [-0.2, 0) is 9.59 Å². The molecule has 2 amide bonds. The summed E-state index contributed by atoms with van der Waals surface area (Å²) in [7, 11) is 0. The summed E-state index contributed by atoms with van der Waals surface area (Å²) in [5, 5.41) is 3.52. The van der Waals surface area contributed by atoms with E-state index in [9.17, 15) is 9.59 Å². The Balaban J connectivity index is 1.78. The van der Waals surface area contributed by atoms with E-state index in [0.29, 0.717) is 0 Å². The number of hydrogen-bond acceptors (Lipinski definition) is 2. The summed E-state index contributed by atoms with van der Waals surface area (Å²) in [5.41, 5.74) is 0. The number of rotatable bonds is 2. The van der Waals surface area contributed by atoms with Gasteiger partial charge in [-0.3, -0.25) is 9.59 Å². The Morgan fingerprint density at radius 1 is 0.909 bits per heavy atom. The molecule has 0 heterocycles. The van der Waals surface area contributed by atoms with Gasteiger partial charge < -0.3 is 0 Å². The van der Waals surface area contributed by atoms with Gasteiger partial charge in [0.2, 0.25) is 0 Å². The van der Waals surface area contributed by atoms with Crippen LogP contribution < -0.4 is 5.32 Å². The zero-order valence-electron chi connectivity index (χ0n) is 6.25. The third-order valence-corrected chi connectivity index (χ3v) is 2.07. The molecule has 2 aliphatic rings. The second-order valence-corrected chi connectivity index (χ2v) is 3.34. The highest BCUT2D eigenvalue weighted by molar-refractivity contribution is 5.98. The summed E-state index contributed by atoms with van der Waals surface area (Å²) in [6.07, 6.45) is 3.72. The van der Waals surface area contributed by atoms with Crippen molar-refractivity contribution in [3.63, 3.8) is 0 Å². The Labute approximate surface area is 65.2 Å². The maximum absolute atomic E-state index is 11.0. The molecule has 0 spiro atoms. The van der Waals surface area contributed by atoms with Crippen LogP contribution in [0.5, 0.6) is 0 Å². The summed E-state index contributed by atoms with van der Waals surface area (Å²) in [6.45, 7) is 0. The largest absolute Gasteiger partial charge is 0.272 e. The lowest BCUT2D eigenvalue weighted by atomic mass is 10.3. The highest BCUT2D eigenvalue weighted by Crippen LogP contribution is 2.32. The van der Waals surface area contributed by atoms with Crippen LogP contribution in [0.3, 0.4) is 0 Å². The molecular weight excluding hydrogens is 142 g/mol. The molecule has 2 rings (SSSR count). The average Bonchev–Trinajstić information content (AvgIpc) is 2.84. The molecule has 0 aromatic heterocycles. The third-order valence-electron chi connectivity index (χ3n) is 2.07. The Morgan fingerprint density at radius 3 is 1.55 bits per heavy atom. The van der Waals surface area contributed by atoms with Gasteiger partial charge >= 0.3 is 0 Å². The smallest absolute Gasteiger partial charge is 0.251 e. The van der Waals surface area contributed by atoms with Crippen molar-refractivity contribution in [3.05, 3.63) is 0 Å². The van der Waals surface area contributed by atoms with Gasteiger partial charge in [0.05, 0.1) is 0 Å².